The fraction of sp³-hybridized carbons (Fsp3) is 0.800. The molecule has 2 amide bonds. The minimum atomic E-state index is -1.01. The first-order chi connectivity index (χ1) is 6.82. The lowest BCUT2D eigenvalue weighted by Crippen LogP contribution is -2.52. The van der Waals surface area contributed by atoms with Crippen molar-refractivity contribution in [1.29, 1.82) is 0 Å². The van der Waals surface area contributed by atoms with Gasteiger partial charge in [-0.2, -0.15) is 0 Å². The van der Waals surface area contributed by atoms with E-state index in [0.29, 0.717) is 6.42 Å². The van der Waals surface area contributed by atoms with Gasteiger partial charge >= 0.3 is 12.0 Å². The van der Waals surface area contributed by atoms with E-state index in [1.165, 1.54) is 0 Å². The number of amides is 2. The van der Waals surface area contributed by atoms with Crippen LogP contribution in [-0.2, 0) is 4.79 Å². The van der Waals surface area contributed by atoms with Gasteiger partial charge in [0.25, 0.3) is 0 Å². The molecule has 0 aromatic rings. The van der Waals surface area contributed by atoms with E-state index in [1.807, 2.05) is 20.8 Å². The molecule has 0 radical (unpaired) electrons. The molecule has 1 atom stereocenters. The molecule has 0 fully saturated rings. The lowest BCUT2D eigenvalue weighted by Gasteiger charge is -2.25. The lowest BCUT2D eigenvalue weighted by atomic mass is 10.0. The van der Waals surface area contributed by atoms with Crippen molar-refractivity contribution in [3.8, 4) is 0 Å². The number of carboxylic acids is 1. The Kier molecular flexibility index (Phi) is 5.11. The maximum Gasteiger partial charge on any atom is 0.326 e. The highest BCUT2D eigenvalue weighted by molar-refractivity contribution is 5.82. The van der Waals surface area contributed by atoms with E-state index in [-0.39, 0.29) is 5.54 Å². The summed E-state index contributed by atoms with van der Waals surface area (Å²) in [4.78, 5) is 22.1. The maximum absolute atomic E-state index is 11.4. The van der Waals surface area contributed by atoms with Crippen LogP contribution in [0.1, 0.15) is 40.5 Å². The Morgan fingerprint density at radius 3 is 2.20 bits per heavy atom. The number of carbonyl (C=O) groups excluding carboxylic acids is 1. The Morgan fingerprint density at radius 1 is 1.33 bits per heavy atom. The minimum absolute atomic E-state index is 0.319. The van der Waals surface area contributed by atoms with E-state index in [4.69, 9.17) is 5.11 Å². The van der Waals surface area contributed by atoms with Crippen LogP contribution in [0, 0.1) is 0 Å². The summed E-state index contributed by atoms with van der Waals surface area (Å²) in [6, 6.07) is -1.26. The average molecular weight is 216 g/mol. The Bertz CT molecular complexity index is 239. The van der Waals surface area contributed by atoms with Crippen LogP contribution in [0.3, 0.4) is 0 Å². The largest absolute Gasteiger partial charge is 0.480 e. The molecule has 0 spiro atoms. The van der Waals surface area contributed by atoms with Crippen LogP contribution in [0.25, 0.3) is 0 Å². The predicted octanol–water partition coefficient (Wildman–Crippen LogP) is 1.34. The number of urea groups is 1. The zero-order chi connectivity index (χ0) is 12.1. The SMILES string of the molecule is CCC(NC(=O)NC(C)(C)CC)C(=O)O. The van der Waals surface area contributed by atoms with E-state index < -0.39 is 18.0 Å². The van der Waals surface area contributed by atoms with E-state index >= 15 is 0 Å². The number of hydrogen-bond donors (Lipinski definition) is 3. The molecule has 0 saturated heterocycles. The summed E-state index contributed by atoms with van der Waals surface area (Å²) >= 11 is 0. The van der Waals surface area contributed by atoms with Crippen molar-refractivity contribution in [2.45, 2.75) is 52.1 Å². The van der Waals surface area contributed by atoms with E-state index in [1.54, 1.807) is 6.92 Å². The number of carboxylic acid groups (broad SMARTS) is 1. The Labute approximate surface area is 90.2 Å². The van der Waals surface area contributed by atoms with Gasteiger partial charge in [0.05, 0.1) is 0 Å². The van der Waals surface area contributed by atoms with Gasteiger partial charge in [-0.05, 0) is 26.7 Å². The molecule has 0 saturated carbocycles. The number of nitrogens with one attached hydrogen (secondary N) is 2. The van der Waals surface area contributed by atoms with E-state index in [9.17, 15) is 9.59 Å². The van der Waals surface area contributed by atoms with E-state index in [2.05, 4.69) is 10.6 Å². The number of hydrogen-bond acceptors (Lipinski definition) is 2. The van der Waals surface area contributed by atoms with Crippen molar-refractivity contribution >= 4 is 12.0 Å². The van der Waals surface area contributed by atoms with Crippen LogP contribution in [-0.4, -0.2) is 28.7 Å². The Hall–Kier alpha value is -1.26. The molecule has 0 aliphatic heterocycles. The molecule has 5 nitrogen and oxygen atoms in total. The van der Waals surface area contributed by atoms with Gasteiger partial charge in [-0.15, -0.1) is 0 Å². The summed E-state index contributed by atoms with van der Waals surface area (Å²) in [5, 5.41) is 13.9. The number of carbonyl (C=O) groups is 2. The van der Waals surface area contributed by atoms with E-state index in [0.717, 1.165) is 6.42 Å². The molecular weight excluding hydrogens is 196 g/mol. The molecule has 0 aliphatic carbocycles. The molecule has 0 rings (SSSR count). The van der Waals surface area contributed by atoms with Crippen molar-refractivity contribution < 1.29 is 14.7 Å². The smallest absolute Gasteiger partial charge is 0.326 e. The van der Waals surface area contributed by atoms with Gasteiger partial charge in [-0.1, -0.05) is 13.8 Å². The van der Waals surface area contributed by atoms with Gasteiger partial charge in [0.1, 0.15) is 6.04 Å². The molecule has 1 unspecified atom stereocenters. The quantitative estimate of drug-likeness (QED) is 0.649. The second kappa shape index (κ2) is 5.58. The van der Waals surface area contributed by atoms with Crippen LogP contribution < -0.4 is 10.6 Å². The molecular formula is C10H20N2O3. The van der Waals surface area contributed by atoms with Crippen molar-refractivity contribution in [2.75, 3.05) is 0 Å². The van der Waals surface area contributed by atoms with Gasteiger partial charge in [0.2, 0.25) is 0 Å². The van der Waals surface area contributed by atoms with Gasteiger partial charge < -0.3 is 15.7 Å². The monoisotopic (exact) mass is 216 g/mol. The molecule has 5 heteroatoms. The molecule has 0 heterocycles. The lowest BCUT2D eigenvalue weighted by molar-refractivity contribution is -0.139. The van der Waals surface area contributed by atoms with Gasteiger partial charge in [-0.25, -0.2) is 9.59 Å². The highest BCUT2D eigenvalue weighted by Crippen LogP contribution is 2.06. The van der Waals surface area contributed by atoms with Gasteiger partial charge in [-0.3, -0.25) is 0 Å². The first-order valence-electron chi connectivity index (χ1n) is 5.14. The second-order valence-corrected chi connectivity index (χ2v) is 4.13. The summed E-state index contributed by atoms with van der Waals surface area (Å²) in [7, 11) is 0. The first kappa shape index (κ1) is 13.7. The van der Waals surface area contributed by atoms with Gasteiger partial charge in [0, 0.05) is 5.54 Å². The molecule has 88 valence electrons. The zero-order valence-corrected chi connectivity index (χ0v) is 9.76. The third-order valence-electron chi connectivity index (χ3n) is 2.35. The summed E-state index contributed by atoms with van der Waals surface area (Å²) in [5.41, 5.74) is -0.319. The minimum Gasteiger partial charge on any atom is -0.480 e. The predicted molar refractivity (Wildman–Crippen MR) is 57.8 cm³/mol. The van der Waals surface area contributed by atoms with Crippen LogP contribution in [0.4, 0.5) is 4.79 Å². The third kappa shape index (κ3) is 5.24. The zero-order valence-electron chi connectivity index (χ0n) is 9.76. The number of aliphatic carboxylic acids is 1. The normalized spacial score (nSPS) is 13.1. The maximum atomic E-state index is 11.4. The van der Waals surface area contributed by atoms with Crippen molar-refractivity contribution in [3.05, 3.63) is 0 Å². The summed E-state index contributed by atoms with van der Waals surface area (Å²) in [6.07, 6.45) is 1.15. The Balaban J connectivity index is 4.19. The molecule has 3 N–H and O–H groups in total. The molecule has 15 heavy (non-hydrogen) atoms. The van der Waals surface area contributed by atoms with Crippen molar-refractivity contribution in [1.82, 2.24) is 10.6 Å². The highest BCUT2D eigenvalue weighted by atomic mass is 16.4. The standard InChI is InChI=1S/C10H20N2O3/c1-5-7(8(13)14)11-9(15)12-10(3,4)6-2/h7H,5-6H2,1-4H3,(H,13,14)(H2,11,12,15). The molecule has 0 bridgehead atoms. The molecule has 0 aliphatic rings. The van der Waals surface area contributed by atoms with Crippen molar-refractivity contribution in [3.63, 3.8) is 0 Å². The molecule has 0 aromatic carbocycles. The Morgan fingerprint density at radius 2 is 1.87 bits per heavy atom. The topological polar surface area (TPSA) is 78.4 Å². The average Bonchev–Trinajstić information content (AvgIpc) is 2.13. The van der Waals surface area contributed by atoms with Crippen LogP contribution in [0.5, 0.6) is 0 Å². The third-order valence-corrected chi connectivity index (χ3v) is 2.35. The fourth-order valence-electron chi connectivity index (χ4n) is 0.928. The number of rotatable bonds is 5. The van der Waals surface area contributed by atoms with Crippen LogP contribution in [0.15, 0.2) is 0 Å². The van der Waals surface area contributed by atoms with Gasteiger partial charge in [0.15, 0.2) is 0 Å². The fourth-order valence-corrected chi connectivity index (χ4v) is 0.928. The molecule has 0 aromatic heterocycles. The van der Waals surface area contributed by atoms with Crippen molar-refractivity contribution in [2.24, 2.45) is 0 Å². The van der Waals surface area contributed by atoms with Crippen LogP contribution >= 0.6 is 0 Å². The second-order valence-electron chi connectivity index (χ2n) is 4.13. The first-order valence-corrected chi connectivity index (χ1v) is 5.14. The summed E-state index contributed by atoms with van der Waals surface area (Å²) in [6.45, 7) is 7.43. The summed E-state index contributed by atoms with van der Waals surface area (Å²) in [5.74, 6) is -1.01. The van der Waals surface area contributed by atoms with Crippen LogP contribution in [0.2, 0.25) is 0 Å². The summed E-state index contributed by atoms with van der Waals surface area (Å²) < 4.78 is 0. The highest BCUT2D eigenvalue weighted by Gasteiger charge is 2.22.